The molecule has 0 aliphatic rings. The molecule has 1 amide bonds. The van der Waals surface area contributed by atoms with Crippen LogP contribution in [0.25, 0.3) is 0 Å². The fraction of sp³-hybridized carbons (Fsp3) is 0.250. The molecule has 1 heterocycles. The van der Waals surface area contributed by atoms with Gasteiger partial charge in [0.25, 0.3) is 5.91 Å². The number of hydrogen-bond acceptors (Lipinski definition) is 5. The quantitative estimate of drug-likeness (QED) is 0.490. The molecule has 1 aromatic heterocycles. The van der Waals surface area contributed by atoms with Crippen molar-refractivity contribution < 1.29 is 18.0 Å². The van der Waals surface area contributed by atoms with Crippen LogP contribution >= 0.6 is 34.7 Å². The number of anilines is 1. The lowest BCUT2D eigenvalue weighted by molar-refractivity contribution is -0.137. The predicted molar refractivity (Wildman–Crippen MR) is 80.8 cm³/mol. The first-order valence-electron chi connectivity index (χ1n) is 5.91. The molecule has 2 aromatic rings. The van der Waals surface area contributed by atoms with Crippen LogP contribution in [0.2, 0.25) is 0 Å². The highest BCUT2D eigenvalue weighted by atomic mass is 35.5. The van der Waals surface area contributed by atoms with Gasteiger partial charge in [0, 0.05) is 11.6 Å². The fourth-order valence-electron chi connectivity index (χ4n) is 1.54. The SMILES string of the molecule is O=C(Nc1nnc(SCCCl)s1)c1ccccc1C(F)(F)F. The summed E-state index contributed by atoms with van der Waals surface area (Å²) in [6.45, 7) is 0. The third-order valence-electron chi connectivity index (χ3n) is 2.41. The van der Waals surface area contributed by atoms with Crippen LogP contribution in [0.5, 0.6) is 0 Å². The highest BCUT2D eigenvalue weighted by Gasteiger charge is 2.34. The van der Waals surface area contributed by atoms with Crippen molar-refractivity contribution in [2.24, 2.45) is 0 Å². The third-order valence-corrected chi connectivity index (χ3v) is 4.79. The first-order valence-corrected chi connectivity index (χ1v) is 8.25. The zero-order valence-corrected chi connectivity index (χ0v) is 13.2. The summed E-state index contributed by atoms with van der Waals surface area (Å²) in [6.07, 6.45) is -4.60. The van der Waals surface area contributed by atoms with Gasteiger partial charge < -0.3 is 0 Å². The van der Waals surface area contributed by atoms with Gasteiger partial charge in [-0.3, -0.25) is 10.1 Å². The Hall–Kier alpha value is -1.32. The van der Waals surface area contributed by atoms with Gasteiger partial charge in [0.2, 0.25) is 5.13 Å². The molecule has 1 aromatic carbocycles. The van der Waals surface area contributed by atoms with Crippen molar-refractivity contribution in [3.8, 4) is 0 Å². The van der Waals surface area contributed by atoms with E-state index in [1.807, 2.05) is 0 Å². The number of thioether (sulfide) groups is 1. The largest absolute Gasteiger partial charge is 0.417 e. The smallest absolute Gasteiger partial charge is 0.296 e. The van der Waals surface area contributed by atoms with E-state index >= 15 is 0 Å². The lowest BCUT2D eigenvalue weighted by Gasteiger charge is -2.11. The molecule has 10 heteroatoms. The van der Waals surface area contributed by atoms with E-state index < -0.39 is 23.2 Å². The minimum atomic E-state index is -4.60. The average Bonchev–Trinajstić information content (AvgIpc) is 2.91. The maximum Gasteiger partial charge on any atom is 0.417 e. The van der Waals surface area contributed by atoms with Gasteiger partial charge in [-0.15, -0.1) is 21.8 Å². The average molecular weight is 368 g/mol. The van der Waals surface area contributed by atoms with Gasteiger partial charge >= 0.3 is 6.18 Å². The summed E-state index contributed by atoms with van der Waals surface area (Å²) in [5, 5.41) is 9.99. The number of carbonyl (C=O) groups excluding carboxylic acids is 1. The molecule has 118 valence electrons. The molecule has 0 unspecified atom stereocenters. The van der Waals surface area contributed by atoms with E-state index in [2.05, 4.69) is 15.5 Å². The zero-order valence-electron chi connectivity index (χ0n) is 10.9. The molecule has 1 N–H and O–H groups in total. The van der Waals surface area contributed by atoms with E-state index in [0.29, 0.717) is 16.0 Å². The molecule has 0 atom stereocenters. The number of nitrogens with zero attached hydrogens (tertiary/aromatic N) is 2. The van der Waals surface area contributed by atoms with E-state index in [4.69, 9.17) is 11.6 Å². The molecule has 2 rings (SSSR count). The summed E-state index contributed by atoms with van der Waals surface area (Å²) in [5.74, 6) is 0.185. The maximum absolute atomic E-state index is 12.9. The molecule has 0 saturated heterocycles. The molecule has 0 radical (unpaired) electrons. The van der Waals surface area contributed by atoms with E-state index in [1.54, 1.807) is 0 Å². The highest BCUT2D eigenvalue weighted by Crippen LogP contribution is 2.32. The van der Waals surface area contributed by atoms with Crippen molar-refractivity contribution in [1.29, 1.82) is 0 Å². The summed E-state index contributed by atoms with van der Waals surface area (Å²) in [4.78, 5) is 12.0. The van der Waals surface area contributed by atoms with E-state index in [9.17, 15) is 18.0 Å². The molecule has 0 fully saturated rings. The van der Waals surface area contributed by atoms with Gasteiger partial charge in [-0.2, -0.15) is 13.2 Å². The molecular formula is C12H9ClF3N3OS2. The number of amides is 1. The van der Waals surface area contributed by atoms with Crippen LogP contribution < -0.4 is 5.32 Å². The van der Waals surface area contributed by atoms with Crippen LogP contribution in [-0.2, 0) is 6.18 Å². The highest BCUT2D eigenvalue weighted by molar-refractivity contribution is 8.01. The molecule has 0 bridgehead atoms. The summed E-state index contributed by atoms with van der Waals surface area (Å²) < 4.78 is 39.2. The van der Waals surface area contributed by atoms with Crippen molar-refractivity contribution >= 4 is 45.7 Å². The summed E-state index contributed by atoms with van der Waals surface area (Å²) >= 11 is 7.97. The van der Waals surface area contributed by atoms with Gasteiger partial charge in [0.15, 0.2) is 4.34 Å². The number of carbonyl (C=O) groups is 1. The van der Waals surface area contributed by atoms with Crippen molar-refractivity contribution in [3.05, 3.63) is 35.4 Å². The molecule has 4 nitrogen and oxygen atoms in total. The molecule has 0 aliphatic carbocycles. The van der Waals surface area contributed by atoms with Gasteiger partial charge in [0.05, 0.1) is 11.1 Å². The summed E-state index contributed by atoms with van der Waals surface area (Å²) in [5.41, 5.74) is -1.45. The Labute approximate surface area is 137 Å². The Kier molecular flexibility index (Phi) is 5.65. The lowest BCUT2D eigenvalue weighted by Crippen LogP contribution is -2.18. The number of halogens is 4. The summed E-state index contributed by atoms with van der Waals surface area (Å²) in [6, 6.07) is 4.57. The number of benzene rings is 1. The van der Waals surface area contributed by atoms with E-state index in [0.717, 1.165) is 23.5 Å². The number of rotatable bonds is 5. The van der Waals surface area contributed by atoms with Crippen molar-refractivity contribution in [2.45, 2.75) is 10.5 Å². The summed E-state index contributed by atoms with van der Waals surface area (Å²) in [7, 11) is 0. The lowest BCUT2D eigenvalue weighted by atomic mass is 10.1. The molecule has 22 heavy (non-hydrogen) atoms. The monoisotopic (exact) mass is 367 g/mol. The van der Waals surface area contributed by atoms with Crippen LogP contribution in [0, 0.1) is 0 Å². The maximum atomic E-state index is 12.9. The topological polar surface area (TPSA) is 54.9 Å². The van der Waals surface area contributed by atoms with Crippen LogP contribution in [0.15, 0.2) is 28.6 Å². The number of alkyl halides is 4. The number of nitrogens with one attached hydrogen (secondary N) is 1. The first kappa shape index (κ1) is 17.0. The third kappa shape index (κ3) is 4.34. The van der Waals surface area contributed by atoms with Gasteiger partial charge in [-0.25, -0.2) is 0 Å². The fourth-order valence-corrected chi connectivity index (χ4v) is 3.31. The predicted octanol–water partition coefficient (Wildman–Crippen LogP) is 4.14. The Bertz CT molecular complexity index is 663. The first-order chi connectivity index (χ1) is 10.4. The molecule has 0 aliphatic heterocycles. The van der Waals surface area contributed by atoms with Crippen LogP contribution in [0.3, 0.4) is 0 Å². The minimum absolute atomic E-state index is 0.138. The van der Waals surface area contributed by atoms with Gasteiger partial charge in [0.1, 0.15) is 0 Å². The van der Waals surface area contributed by atoms with Gasteiger partial charge in [-0.1, -0.05) is 35.2 Å². The number of hydrogen-bond donors (Lipinski definition) is 1. The van der Waals surface area contributed by atoms with Crippen LogP contribution in [0.1, 0.15) is 15.9 Å². The second-order valence-corrected chi connectivity index (χ2v) is 6.61. The van der Waals surface area contributed by atoms with E-state index in [-0.39, 0.29) is 5.13 Å². The number of aromatic nitrogens is 2. The normalized spacial score (nSPS) is 11.5. The van der Waals surface area contributed by atoms with Gasteiger partial charge in [-0.05, 0) is 12.1 Å². The van der Waals surface area contributed by atoms with Crippen LogP contribution in [-0.4, -0.2) is 27.7 Å². The molecule has 0 spiro atoms. The van der Waals surface area contributed by atoms with Crippen molar-refractivity contribution in [2.75, 3.05) is 16.9 Å². The Morgan fingerprint density at radius 1 is 1.32 bits per heavy atom. The standard InChI is InChI=1S/C12H9ClF3N3OS2/c13-5-6-21-11-19-18-10(22-11)17-9(20)7-3-1-2-4-8(7)12(14,15)16/h1-4H,5-6H2,(H,17,18,20). The van der Waals surface area contributed by atoms with Crippen molar-refractivity contribution in [3.63, 3.8) is 0 Å². The molecule has 0 saturated carbocycles. The Balaban J connectivity index is 2.14. The second-order valence-electron chi connectivity index (χ2n) is 3.91. The second kappa shape index (κ2) is 7.30. The zero-order chi connectivity index (χ0) is 16.2. The Morgan fingerprint density at radius 2 is 2.05 bits per heavy atom. The molecular weight excluding hydrogens is 359 g/mol. The van der Waals surface area contributed by atoms with E-state index in [1.165, 1.54) is 23.9 Å². The van der Waals surface area contributed by atoms with Crippen LogP contribution in [0.4, 0.5) is 18.3 Å². The Morgan fingerprint density at radius 3 is 2.73 bits per heavy atom. The van der Waals surface area contributed by atoms with Crippen molar-refractivity contribution in [1.82, 2.24) is 10.2 Å². The minimum Gasteiger partial charge on any atom is -0.296 e.